The highest BCUT2D eigenvalue weighted by Gasteiger charge is 2.30. The van der Waals surface area contributed by atoms with Crippen LogP contribution in [0.5, 0.6) is 5.75 Å². The number of likely N-dealkylation sites (N-methyl/N-ethyl adjacent to an activating group) is 1. The molecule has 5 heteroatoms. The Kier molecular flexibility index (Phi) is 8.03. The van der Waals surface area contributed by atoms with Gasteiger partial charge in [0.25, 0.3) is 5.91 Å². The molecule has 2 amide bonds. The maximum atomic E-state index is 13.3. The van der Waals surface area contributed by atoms with Gasteiger partial charge in [0.1, 0.15) is 11.8 Å². The molecule has 0 bridgehead atoms. The van der Waals surface area contributed by atoms with Crippen LogP contribution in [0.4, 0.5) is 0 Å². The normalized spacial score (nSPS) is 11.5. The van der Waals surface area contributed by atoms with Crippen molar-refractivity contribution in [1.82, 2.24) is 10.2 Å². The predicted octanol–water partition coefficient (Wildman–Crippen LogP) is 4.07. The summed E-state index contributed by atoms with van der Waals surface area (Å²) in [4.78, 5) is 27.8. The Balaban J connectivity index is 1.84. The van der Waals surface area contributed by atoms with Gasteiger partial charge in [-0.3, -0.25) is 9.59 Å². The maximum Gasteiger partial charge on any atom is 0.261 e. The number of ether oxygens (including phenoxy) is 1. The smallest absolute Gasteiger partial charge is 0.261 e. The standard InChI is InChI=1S/C27H30N2O3/c1-20-14-15-24(16-21(20)2)32-19-26(30)29(18-23-12-8-5-9-13-23)25(27(31)28-3)17-22-10-6-4-7-11-22/h4-16,25H,17-19H2,1-3H3,(H,28,31)/t25-/m0/s1. The molecule has 0 aromatic heterocycles. The van der Waals surface area contributed by atoms with E-state index in [9.17, 15) is 9.59 Å². The molecule has 0 aliphatic heterocycles. The molecule has 1 atom stereocenters. The van der Waals surface area contributed by atoms with Crippen molar-refractivity contribution in [3.63, 3.8) is 0 Å². The zero-order valence-corrected chi connectivity index (χ0v) is 18.9. The highest BCUT2D eigenvalue weighted by Crippen LogP contribution is 2.18. The van der Waals surface area contributed by atoms with Crippen LogP contribution in [-0.4, -0.2) is 36.4 Å². The van der Waals surface area contributed by atoms with Crippen molar-refractivity contribution >= 4 is 11.8 Å². The first-order valence-electron chi connectivity index (χ1n) is 10.8. The molecular formula is C27H30N2O3. The lowest BCUT2D eigenvalue weighted by Crippen LogP contribution is -2.51. The number of amides is 2. The lowest BCUT2D eigenvalue weighted by Gasteiger charge is -2.31. The van der Waals surface area contributed by atoms with Crippen molar-refractivity contribution in [3.8, 4) is 5.75 Å². The third-order valence-corrected chi connectivity index (χ3v) is 5.55. The molecule has 1 N–H and O–H groups in total. The van der Waals surface area contributed by atoms with E-state index in [0.29, 0.717) is 18.7 Å². The summed E-state index contributed by atoms with van der Waals surface area (Å²) >= 11 is 0. The molecule has 0 aliphatic rings. The number of carbonyl (C=O) groups excluding carboxylic acids is 2. The van der Waals surface area contributed by atoms with Crippen molar-refractivity contribution in [2.75, 3.05) is 13.7 Å². The van der Waals surface area contributed by atoms with Gasteiger partial charge in [-0.1, -0.05) is 66.7 Å². The van der Waals surface area contributed by atoms with Gasteiger partial charge in [-0.25, -0.2) is 0 Å². The third kappa shape index (κ3) is 6.20. The molecule has 0 aliphatic carbocycles. The van der Waals surface area contributed by atoms with Crippen LogP contribution in [0.2, 0.25) is 0 Å². The Hall–Kier alpha value is -3.60. The van der Waals surface area contributed by atoms with E-state index >= 15 is 0 Å². The van der Waals surface area contributed by atoms with Gasteiger partial charge in [0.05, 0.1) is 0 Å². The first-order chi connectivity index (χ1) is 15.5. The molecule has 0 heterocycles. The SMILES string of the molecule is CNC(=O)[C@H](Cc1ccccc1)N(Cc1ccccc1)C(=O)COc1ccc(C)c(C)c1. The molecule has 0 spiro atoms. The van der Waals surface area contributed by atoms with Crippen LogP contribution in [0.25, 0.3) is 0 Å². The Bertz CT molecular complexity index is 1040. The minimum Gasteiger partial charge on any atom is -0.484 e. The van der Waals surface area contributed by atoms with E-state index in [2.05, 4.69) is 5.32 Å². The lowest BCUT2D eigenvalue weighted by atomic mass is 10.0. The van der Waals surface area contributed by atoms with Crippen molar-refractivity contribution in [3.05, 3.63) is 101 Å². The van der Waals surface area contributed by atoms with E-state index in [0.717, 1.165) is 22.3 Å². The van der Waals surface area contributed by atoms with Gasteiger partial charge in [0.2, 0.25) is 5.91 Å². The van der Waals surface area contributed by atoms with Crippen molar-refractivity contribution in [2.45, 2.75) is 32.9 Å². The number of nitrogens with one attached hydrogen (secondary N) is 1. The van der Waals surface area contributed by atoms with Gasteiger partial charge < -0.3 is 15.0 Å². The topological polar surface area (TPSA) is 58.6 Å². The third-order valence-electron chi connectivity index (χ3n) is 5.55. The van der Waals surface area contributed by atoms with E-state index < -0.39 is 6.04 Å². The summed E-state index contributed by atoms with van der Waals surface area (Å²) in [6.07, 6.45) is 0.419. The largest absolute Gasteiger partial charge is 0.484 e. The molecule has 3 aromatic rings. The second-order valence-corrected chi connectivity index (χ2v) is 7.86. The van der Waals surface area contributed by atoms with Crippen LogP contribution in [-0.2, 0) is 22.6 Å². The van der Waals surface area contributed by atoms with Crippen LogP contribution in [0.15, 0.2) is 78.9 Å². The highest BCUT2D eigenvalue weighted by molar-refractivity contribution is 5.88. The Morgan fingerprint density at radius 3 is 2.09 bits per heavy atom. The second kappa shape index (κ2) is 11.1. The van der Waals surface area contributed by atoms with Crippen LogP contribution in [0.3, 0.4) is 0 Å². The first-order valence-corrected chi connectivity index (χ1v) is 10.8. The molecule has 0 saturated carbocycles. The van der Waals surface area contributed by atoms with Crippen LogP contribution in [0, 0.1) is 13.8 Å². The number of carbonyl (C=O) groups is 2. The summed E-state index contributed by atoms with van der Waals surface area (Å²) in [5.41, 5.74) is 4.20. The number of benzene rings is 3. The van der Waals surface area contributed by atoms with Crippen LogP contribution >= 0.6 is 0 Å². The van der Waals surface area contributed by atoms with E-state index in [1.165, 1.54) is 0 Å². The lowest BCUT2D eigenvalue weighted by molar-refractivity contribution is -0.142. The van der Waals surface area contributed by atoms with Gasteiger partial charge in [-0.2, -0.15) is 0 Å². The molecule has 166 valence electrons. The average Bonchev–Trinajstić information content (AvgIpc) is 2.82. The molecule has 32 heavy (non-hydrogen) atoms. The van der Waals surface area contributed by atoms with Gasteiger partial charge in [0.15, 0.2) is 6.61 Å². The molecule has 0 unspecified atom stereocenters. The summed E-state index contributed by atoms with van der Waals surface area (Å²) in [6.45, 7) is 4.22. The number of aryl methyl sites for hydroxylation is 2. The van der Waals surface area contributed by atoms with E-state index in [4.69, 9.17) is 4.74 Å². The van der Waals surface area contributed by atoms with E-state index in [-0.39, 0.29) is 18.4 Å². The zero-order valence-electron chi connectivity index (χ0n) is 18.9. The van der Waals surface area contributed by atoms with E-state index in [1.807, 2.05) is 92.7 Å². The number of hydrogen-bond donors (Lipinski definition) is 1. The molecule has 0 radical (unpaired) electrons. The quantitative estimate of drug-likeness (QED) is 0.557. The zero-order chi connectivity index (χ0) is 22.9. The fraction of sp³-hybridized carbons (Fsp3) is 0.259. The van der Waals surface area contributed by atoms with Crippen LogP contribution < -0.4 is 10.1 Å². The molecule has 0 fully saturated rings. The second-order valence-electron chi connectivity index (χ2n) is 7.86. The monoisotopic (exact) mass is 430 g/mol. The molecule has 5 nitrogen and oxygen atoms in total. The minimum atomic E-state index is -0.654. The van der Waals surface area contributed by atoms with Crippen molar-refractivity contribution in [2.24, 2.45) is 0 Å². The van der Waals surface area contributed by atoms with Crippen molar-refractivity contribution < 1.29 is 14.3 Å². The van der Waals surface area contributed by atoms with Crippen molar-refractivity contribution in [1.29, 1.82) is 0 Å². The van der Waals surface area contributed by atoms with Crippen LogP contribution in [0.1, 0.15) is 22.3 Å². The summed E-state index contributed by atoms with van der Waals surface area (Å²) in [5, 5.41) is 2.72. The Morgan fingerprint density at radius 2 is 1.50 bits per heavy atom. The summed E-state index contributed by atoms with van der Waals surface area (Å²) in [6, 6.07) is 24.5. The summed E-state index contributed by atoms with van der Waals surface area (Å²) in [7, 11) is 1.59. The predicted molar refractivity (Wildman–Crippen MR) is 126 cm³/mol. The Morgan fingerprint density at radius 1 is 0.875 bits per heavy atom. The molecule has 3 aromatic carbocycles. The highest BCUT2D eigenvalue weighted by atomic mass is 16.5. The number of rotatable bonds is 9. The molecular weight excluding hydrogens is 400 g/mol. The van der Waals surface area contributed by atoms with E-state index in [1.54, 1.807) is 11.9 Å². The number of hydrogen-bond acceptors (Lipinski definition) is 3. The summed E-state index contributed by atoms with van der Waals surface area (Å²) < 4.78 is 5.81. The van der Waals surface area contributed by atoms with Gasteiger partial charge >= 0.3 is 0 Å². The van der Waals surface area contributed by atoms with Gasteiger partial charge in [0, 0.05) is 20.0 Å². The summed E-state index contributed by atoms with van der Waals surface area (Å²) in [5.74, 6) is 0.196. The minimum absolute atomic E-state index is 0.141. The number of nitrogens with zero attached hydrogens (tertiary/aromatic N) is 1. The first kappa shape index (κ1) is 23.1. The molecule has 3 rings (SSSR count). The van der Waals surface area contributed by atoms with Gasteiger partial charge in [-0.15, -0.1) is 0 Å². The van der Waals surface area contributed by atoms with Gasteiger partial charge in [-0.05, 0) is 48.2 Å². The fourth-order valence-corrected chi connectivity index (χ4v) is 3.53. The Labute approximate surface area is 190 Å². The fourth-order valence-electron chi connectivity index (χ4n) is 3.53. The maximum absolute atomic E-state index is 13.3. The molecule has 0 saturated heterocycles. The average molecular weight is 431 g/mol.